The van der Waals surface area contributed by atoms with Gasteiger partial charge in [0.1, 0.15) is 11.6 Å². The van der Waals surface area contributed by atoms with Crippen LogP contribution in [0.15, 0.2) is 30.5 Å². The average molecular weight is 329 g/mol. The molecule has 23 heavy (non-hydrogen) atoms. The Balaban J connectivity index is 2.02. The van der Waals surface area contributed by atoms with Gasteiger partial charge in [-0.05, 0) is 19.1 Å². The Kier molecular flexibility index (Phi) is 3.75. The van der Waals surface area contributed by atoms with E-state index in [-0.39, 0.29) is 11.7 Å². The fourth-order valence-electron chi connectivity index (χ4n) is 2.17. The number of anilines is 2. The first-order valence-corrected chi connectivity index (χ1v) is 7.65. The minimum Gasteiger partial charge on any atom is -0.506 e. The molecule has 0 unspecified atom stereocenters. The van der Waals surface area contributed by atoms with Crippen LogP contribution < -0.4 is 11.1 Å². The van der Waals surface area contributed by atoms with Crippen molar-refractivity contribution < 1.29 is 9.90 Å². The number of carbonyl (C=O) groups excluding carboxylic acids is 1. The lowest BCUT2D eigenvalue weighted by Crippen LogP contribution is -2.04. The predicted octanol–water partition coefficient (Wildman–Crippen LogP) is 2.55. The van der Waals surface area contributed by atoms with Crippen LogP contribution in [0.4, 0.5) is 10.9 Å². The molecule has 0 fully saturated rings. The van der Waals surface area contributed by atoms with Gasteiger partial charge in [0, 0.05) is 12.6 Å². The van der Waals surface area contributed by atoms with Crippen molar-refractivity contribution in [3.05, 3.63) is 36.0 Å². The van der Waals surface area contributed by atoms with E-state index in [2.05, 4.69) is 15.5 Å². The highest BCUT2D eigenvalue weighted by Crippen LogP contribution is 2.40. The summed E-state index contributed by atoms with van der Waals surface area (Å²) in [5, 5.41) is 21.4. The van der Waals surface area contributed by atoms with E-state index in [9.17, 15) is 9.90 Å². The molecule has 0 spiro atoms. The topological polar surface area (TPSA) is 106 Å². The Morgan fingerprint density at radius 1 is 1.30 bits per heavy atom. The number of benzene rings is 1. The molecule has 0 saturated heterocycles. The number of aromatic nitrogens is 3. The van der Waals surface area contributed by atoms with E-state index in [4.69, 9.17) is 5.73 Å². The number of aryl methyl sites for hydroxylation is 1. The first-order chi connectivity index (χ1) is 11.0. The highest BCUT2D eigenvalue weighted by Gasteiger charge is 2.20. The number of carbonyl (C=O) groups is 1. The maximum Gasteiger partial charge on any atom is 0.223 e. The zero-order valence-electron chi connectivity index (χ0n) is 12.6. The van der Waals surface area contributed by atoms with Gasteiger partial charge in [-0.3, -0.25) is 9.36 Å². The third-order valence-electron chi connectivity index (χ3n) is 3.26. The summed E-state index contributed by atoms with van der Waals surface area (Å²) in [5.74, 6) is 0.132. The quantitative estimate of drug-likeness (QED) is 0.684. The molecular weight excluding hydrogens is 314 g/mol. The number of rotatable bonds is 3. The van der Waals surface area contributed by atoms with Crippen LogP contribution >= 0.6 is 11.3 Å². The van der Waals surface area contributed by atoms with Gasteiger partial charge >= 0.3 is 0 Å². The highest BCUT2D eigenvalue weighted by molar-refractivity contribution is 7.18. The summed E-state index contributed by atoms with van der Waals surface area (Å²) in [5.41, 5.74) is 8.54. The number of nitrogens with two attached hydrogens (primary N) is 1. The molecule has 3 aromatic rings. The van der Waals surface area contributed by atoms with Crippen LogP contribution in [0.3, 0.4) is 0 Å². The Morgan fingerprint density at radius 3 is 2.65 bits per heavy atom. The average Bonchev–Trinajstić information content (AvgIpc) is 3.04. The Morgan fingerprint density at radius 2 is 2.00 bits per heavy atom. The Labute approximate surface area is 136 Å². The van der Waals surface area contributed by atoms with Crippen LogP contribution in [0.2, 0.25) is 0 Å². The maximum atomic E-state index is 11.1. The van der Waals surface area contributed by atoms with Gasteiger partial charge in [0.25, 0.3) is 0 Å². The lowest BCUT2D eigenvalue weighted by atomic mass is 10.2. The number of hydrogen-bond donors (Lipinski definition) is 3. The van der Waals surface area contributed by atoms with E-state index < -0.39 is 0 Å². The van der Waals surface area contributed by atoms with E-state index in [1.165, 1.54) is 13.1 Å². The standard InChI is InChI=1S/C15H15N5O2S/c1-8-3-5-10(6-4-8)20-7-11(22)12(13(20)16)14-18-19-15(23-14)17-9(2)21/h3-7,22H,16H2,1-2H3,(H,17,19,21). The van der Waals surface area contributed by atoms with E-state index in [0.29, 0.717) is 21.5 Å². The fraction of sp³-hybridized carbons (Fsp3) is 0.133. The molecule has 0 aliphatic rings. The minimum absolute atomic E-state index is 0.00796. The molecule has 1 aromatic carbocycles. The second-order valence-corrected chi connectivity index (χ2v) is 6.05. The fourth-order valence-corrected chi connectivity index (χ4v) is 3.02. The van der Waals surface area contributed by atoms with Gasteiger partial charge < -0.3 is 16.2 Å². The summed E-state index contributed by atoms with van der Waals surface area (Å²) >= 11 is 1.15. The predicted molar refractivity (Wildman–Crippen MR) is 89.8 cm³/mol. The highest BCUT2D eigenvalue weighted by atomic mass is 32.1. The molecule has 0 saturated carbocycles. The van der Waals surface area contributed by atoms with Crippen LogP contribution in [0, 0.1) is 6.92 Å². The minimum atomic E-state index is -0.234. The third-order valence-corrected chi connectivity index (χ3v) is 4.11. The number of amides is 1. The molecule has 4 N–H and O–H groups in total. The molecule has 8 heteroatoms. The molecule has 1 amide bonds. The van der Waals surface area contributed by atoms with Crippen LogP contribution in [0.5, 0.6) is 5.75 Å². The monoisotopic (exact) mass is 329 g/mol. The van der Waals surface area contributed by atoms with E-state index in [0.717, 1.165) is 22.6 Å². The smallest absolute Gasteiger partial charge is 0.223 e. The molecule has 0 bridgehead atoms. The molecule has 7 nitrogen and oxygen atoms in total. The van der Waals surface area contributed by atoms with Crippen molar-refractivity contribution in [2.45, 2.75) is 13.8 Å². The zero-order chi connectivity index (χ0) is 16.6. The summed E-state index contributed by atoms with van der Waals surface area (Å²) in [4.78, 5) is 11.1. The van der Waals surface area contributed by atoms with Gasteiger partial charge in [-0.25, -0.2) is 0 Å². The molecule has 0 atom stereocenters. The number of nitrogens with zero attached hydrogens (tertiary/aromatic N) is 3. The summed E-state index contributed by atoms with van der Waals surface area (Å²) in [6.07, 6.45) is 1.54. The second-order valence-electron chi connectivity index (χ2n) is 5.07. The Bertz CT molecular complexity index is 867. The van der Waals surface area contributed by atoms with Crippen molar-refractivity contribution in [2.75, 3.05) is 11.1 Å². The maximum absolute atomic E-state index is 11.1. The van der Waals surface area contributed by atoms with Gasteiger partial charge in [-0.15, -0.1) is 10.2 Å². The van der Waals surface area contributed by atoms with Crippen molar-refractivity contribution in [2.24, 2.45) is 0 Å². The number of aromatic hydroxyl groups is 1. The van der Waals surface area contributed by atoms with Gasteiger partial charge in [0.2, 0.25) is 11.0 Å². The van der Waals surface area contributed by atoms with Crippen LogP contribution in [0.25, 0.3) is 16.3 Å². The number of nitrogen functional groups attached to an aromatic ring is 1. The lowest BCUT2D eigenvalue weighted by molar-refractivity contribution is -0.114. The summed E-state index contributed by atoms with van der Waals surface area (Å²) < 4.78 is 1.68. The first kappa shape index (κ1) is 15.0. The van der Waals surface area contributed by atoms with Crippen LogP contribution in [0.1, 0.15) is 12.5 Å². The van der Waals surface area contributed by atoms with E-state index in [1.54, 1.807) is 4.57 Å². The molecule has 2 heterocycles. The molecule has 2 aromatic heterocycles. The zero-order valence-corrected chi connectivity index (χ0v) is 13.4. The van der Waals surface area contributed by atoms with Crippen molar-refractivity contribution in [3.63, 3.8) is 0 Å². The lowest BCUT2D eigenvalue weighted by Gasteiger charge is -2.06. The molecule has 0 aliphatic carbocycles. The summed E-state index contributed by atoms with van der Waals surface area (Å²) in [6.45, 7) is 3.39. The molecule has 0 radical (unpaired) electrons. The Hall–Kier alpha value is -2.87. The first-order valence-electron chi connectivity index (χ1n) is 6.84. The van der Waals surface area contributed by atoms with Crippen LogP contribution in [-0.2, 0) is 4.79 Å². The van der Waals surface area contributed by atoms with Crippen molar-refractivity contribution in [3.8, 4) is 22.0 Å². The van der Waals surface area contributed by atoms with E-state index in [1.807, 2.05) is 31.2 Å². The van der Waals surface area contributed by atoms with Crippen LogP contribution in [-0.4, -0.2) is 25.8 Å². The largest absolute Gasteiger partial charge is 0.506 e. The SMILES string of the molecule is CC(=O)Nc1nnc(-c2c(O)cn(-c3ccc(C)cc3)c2N)s1. The van der Waals surface area contributed by atoms with Gasteiger partial charge in [-0.2, -0.15) is 0 Å². The summed E-state index contributed by atoms with van der Waals surface area (Å²) in [7, 11) is 0. The number of hydrogen-bond acceptors (Lipinski definition) is 6. The second kappa shape index (κ2) is 5.73. The van der Waals surface area contributed by atoms with Gasteiger partial charge in [0.05, 0.1) is 11.8 Å². The normalized spacial score (nSPS) is 10.7. The number of nitrogens with one attached hydrogen (secondary N) is 1. The van der Waals surface area contributed by atoms with E-state index >= 15 is 0 Å². The molecule has 3 rings (SSSR count). The van der Waals surface area contributed by atoms with Crippen molar-refractivity contribution in [1.82, 2.24) is 14.8 Å². The molecule has 118 valence electrons. The molecular formula is C15H15N5O2S. The van der Waals surface area contributed by atoms with Crippen molar-refractivity contribution >= 4 is 28.2 Å². The summed E-state index contributed by atoms with van der Waals surface area (Å²) in [6, 6.07) is 7.76. The van der Waals surface area contributed by atoms with Gasteiger partial charge in [-0.1, -0.05) is 29.0 Å². The third kappa shape index (κ3) is 2.88. The van der Waals surface area contributed by atoms with Gasteiger partial charge in [0.15, 0.2) is 5.01 Å². The molecule has 0 aliphatic heterocycles. The van der Waals surface area contributed by atoms with Crippen molar-refractivity contribution in [1.29, 1.82) is 0 Å².